The Hall–Kier alpha value is -4.82. The maximum absolute atomic E-state index is 14.9. The number of methoxy groups -OCH3 is 2. The molecular weight excluding hydrogens is 659 g/mol. The van der Waals surface area contributed by atoms with Gasteiger partial charge in [0.25, 0.3) is 5.69 Å². The number of non-ortho nitro benzene ring substituents is 1. The predicted molar refractivity (Wildman–Crippen MR) is 179 cm³/mol. The lowest BCUT2D eigenvalue weighted by Gasteiger charge is -2.39. The number of aryl methyl sites for hydroxylation is 1. The second kappa shape index (κ2) is 15.4. The molecule has 1 atom stereocenters. The molecule has 0 bridgehead atoms. The first-order valence-corrected chi connectivity index (χ1v) is 16.3. The normalized spacial score (nSPS) is 15.4. The van der Waals surface area contributed by atoms with E-state index in [1.54, 1.807) is 48.2 Å². The van der Waals surface area contributed by atoms with Gasteiger partial charge in [0.2, 0.25) is 11.4 Å². The van der Waals surface area contributed by atoms with Gasteiger partial charge < -0.3 is 28.6 Å². The number of aromatic nitrogens is 1. The quantitative estimate of drug-likeness (QED) is 0.0904. The van der Waals surface area contributed by atoms with Crippen molar-refractivity contribution in [2.45, 2.75) is 57.0 Å². The number of hydrogen-bond acceptors (Lipinski definition) is 9. The standard InChI is InChI=1S/C36H40F3N3O8/c1-4-49-33(43)13-10-25-18-31(47-2)34(32(19-25)48-3)50-27-14-16-40(17-15-27)23-35(44,36(37,38)39)29-22-41(21-24-8-6-5-7-9-24)30-20-26(42(45)46)11-12-28(29)30/h5-9,11-12,18-20,22,27,44H,4,10,13-17,21,23H2,1-3H3. The number of ether oxygens (including phenoxy) is 4. The zero-order valence-electron chi connectivity index (χ0n) is 28.1. The molecule has 1 aliphatic heterocycles. The third-order valence-corrected chi connectivity index (χ3v) is 8.90. The number of piperidine rings is 1. The highest BCUT2D eigenvalue weighted by Crippen LogP contribution is 2.45. The van der Waals surface area contributed by atoms with Crippen LogP contribution in [-0.4, -0.2) is 78.2 Å². The van der Waals surface area contributed by atoms with Gasteiger partial charge in [-0.25, -0.2) is 0 Å². The predicted octanol–water partition coefficient (Wildman–Crippen LogP) is 6.40. The minimum Gasteiger partial charge on any atom is -0.493 e. The second-order valence-corrected chi connectivity index (χ2v) is 12.2. The molecule has 268 valence electrons. The number of nitro benzene ring substituents is 1. The van der Waals surface area contributed by atoms with Gasteiger partial charge in [-0.05, 0) is 55.5 Å². The van der Waals surface area contributed by atoms with Crippen molar-refractivity contribution in [1.29, 1.82) is 0 Å². The molecule has 1 aliphatic rings. The lowest BCUT2D eigenvalue weighted by molar-refractivity contribution is -0.384. The fraction of sp³-hybridized carbons (Fsp3) is 0.417. The minimum atomic E-state index is -5.07. The van der Waals surface area contributed by atoms with Crippen molar-refractivity contribution < 1.29 is 46.9 Å². The van der Waals surface area contributed by atoms with E-state index in [-0.39, 0.29) is 60.3 Å². The Balaban J connectivity index is 1.35. The topological polar surface area (TPSA) is 126 Å². The summed E-state index contributed by atoms with van der Waals surface area (Å²) in [6.07, 6.45) is -2.92. The first-order valence-electron chi connectivity index (χ1n) is 16.3. The largest absolute Gasteiger partial charge is 0.493 e. The molecule has 0 aliphatic carbocycles. The van der Waals surface area contributed by atoms with Crippen LogP contribution >= 0.6 is 0 Å². The molecule has 0 spiro atoms. The minimum absolute atomic E-state index is 0.0782. The summed E-state index contributed by atoms with van der Waals surface area (Å²) in [7, 11) is 2.96. The fourth-order valence-electron chi connectivity index (χ4n) is 6.31. The zero-order chi connectivity index (χ0) is 36.1. The summed E-state index contributed by atoms with van der Waals surface area (Å²) < 4.78 is 68.8. The lowest BCUT2D eigenvalue weighted by atomic mass is 9.91. The van der Waals surface area contributed by atoms with Gasteiger partial charge in [0.1, 0.15) is 6.10 Å². The van der Waals surface area contributed by atoms with E-state index in [0.717, 1.165) is 17.2 Å². The number of fused-ring (bicyclic) bond motifs is 1. The molecule has 0 amide bonds. The van der Waals surface area contributed by atoms with Crippen LogP contribution in [0.4, 0.5) is 18.9 Å². The van der Waals surface area contributed by atoms with Crippen molar-refractivity contribution in [3.05, 3.63) is 93.7 Å². The molecule has 0 radical (unpaired) electrons. The Kier molecular flexibility index (Phi) is 11.2. The number of esters is 1. The smallest absolute Gasteiger partial charge is 0.422 e. The molecule has 1 unspecified atom stereocenters. The average molecular weight is 700 g/mol. The van der Waals surface area contributed by atoms with E-state index in [2.05, 4.69) is 0 Å². The van der Waals surface area contributed by atoms with E-state index in [4.69, 9.17) is 18.9 Å². The third-order valence-electron chi connectivity index (χ3n) is 8.90. The van der Waals surface area contributed by atoms with E-state index < -0.39 is 23.2 Å². The van der Waals surface area contributed by atoms with Gasteiger partial charge in [0.05, 0.1) is 31.3 Å². The van der Waals surface area contributed by atoms with Crippen LogP contribution in [0.25, 0.3) is 10.9 Å². The van der Waals surface area contributed by atoms with Crippen molar-refractivity contribution in [3.63, 3.8) is 0 Å². The van der Waals surface area contributed by atoms with E-state index in [9.17, 15) is 33.2 Å². The van der Waals surface area contributed by atoms with Crippen LogP contribution < -0.4 is 14.2 Å². The van der Waals surface area contributed by atoms with Crippen molar-refractivity contribution in [1.82, 2.24) is 9.47 Å². The number of carbonyl (C=O) groups is 1. The van der Waals surface area contributed by atoms with Crippen molar-refractivity contribution in [3.8, 4) is 17.2 Å². The molecule has 3 aromatic carbocycles. The average Bonchev–Trinajstić information content (AvgIpc) is 3.46. The van der Waals surface area contributed by atoms with E-state index in [0.29, 0.717) is 43.1 Å². The Morgan fingerprint density at radius 1 is 1.00 bits per heavy atom. The summed E-state index contributed by atoms with van der Waals surface area (Å²) in [6.45, 7) is 1.82. The SMILES string of the molecule is CCOC(=O)CCc1cc(OC)c(OC2CCN(CC(O)(c3cn(Cc4ccccc4)c4cc([N+](=O)[O-])ccc34)C(F)(F)F)CC2)c(OC)c1. The summed E-state index contributed by atoms with van der Waals surface area (Å²) in [6, 6.07) is 16.1. The number of hydrogen-bond donors (Lipinski definition) is 1. The fourth-order valence-corrected chi connectivity index (χ4v) is 6.31. The molecule has 2 heterocycles. The molecule has 1 N–H and O–H groups in total. The Labute approximate surface area is 287 Å². The monoisotopic (exact) mass is 699 g/mol. The molecule has 5 rings (SSSR count). The number of likely N-dealkylation sites (tertiary alicyclic amines) is 1. The van der Waals surface area contributed by atoms with Crippen molar-refractivity contribution >= 4 is 22.6 Å². The number of benzene rings is 3. The number of alkyl halides is 3. The van der Waals surface area contributed by atoms with Gasteiger partial charge in [-0.15, -0.1) is 0 Å². The van der Waals surface area contributed by atoms with Gasteiger partial charge in [-0.3, -0.25) is 19.8 Å². The molecule has 1 aromatic heterocycles. The third kappa shape index (κ3) is 7.97. The number of nitrogens with zero attached hydrogens (tertiary/aromatic N) is 3. The Bertz CT molecular complexity index is 1780. The summed E-state index contributed by atoms with van der Waals surface area (Å²) in [5.41, 5.74) is -2.15. The maximum atomic E-state index is 14.9. The van der Waals surface area contributed by atoms with Gasteiger partial charge in [0.15, 0.2) is 11.5 Å². The summed E-state index contributed by atoms with van der Waals surface area (Å²) in [5, 5.41) is 23.2. The van der Waals surface area contributed by atoms with Gasteiger partial charge in [-0.2, -0.15) is 13.2 Å². The number of nitro groups is 1. The molecule has 50 heavy (non-hydrogen) atoms. The van der Waals surface area contributed by atoms with Crippen molar-refractivity contribution in [2.75, 3.05) is 40.5 Å². The van der Waals surface area contributed by atoms with Crippen LogP contribution in [0.15, 0.2) is 66.9 Å². The summed E-state index contributed by atoms with van der Waals surface area (Å²) >= 11 is 0. The molecule has 1 fully saturated rings. The van der Waals surface area contributed by atoms with Crippen LogP contribution in [0.3, 0.4) is 0 Å². The Morgan fingerprint density at radius 2 is 1.66 bits per heavy atom. The number of halogens is 3. The van der Waals surface area contributed by atoms with Gasteiger partial charge in [-0.1, -0.05) is 30.3 Å². The molecule has 1 saturated heterocycles. The summed E-state index contributed by atoms with van der Waals surface area (Å²) in [5.74, 6) is 0.811. The van der Waals surface area contributed by atoms with E-state index in [1.165, 1.54) is 37.1 Å². The first kappa shape index (κ1) is 36.5. The second-order valence-electron chi connectivity index (χ2n) is 12.2. The highest BCUT2D eigenvalue weighted by molar-refractivity contribution is 5.87. The number of β-amino-alcohol motifs (C(OH)–C–C–N with tert-alkyl or cyclic N) is 1. The van der Waals surface area contributed by atoms with Crippen molar-refractivity contribution in [2.24, 2.45) is 0 Å². The molecule has 4 aromatic rings. The number of rotatable bonds is 14. The first-order chi connectivity index (χ1) is 23.9. The number of aliphatic hydroxyl groups is 1. The van der Waals surface area contributed by atoms with Gasteiger partial charge in [0, 0.05) is 61.9 Å². The van der Waals surface area contributed by atoms with Crippen LogP contribution in [-0.2, 0) is 28.1 Å². The van der Waals surface area contributed by atoms with Crippen LogP contribution in [0, 0.1) is 10.1 Å². The van der Waals surface area contributed by atoms with Crippen LogP contribution in [0.5, 0.6) is 17.2 Å². The van der Waals surface area contributed by atoms with E-state index >= 15 is 0 Å². The molecule has 14 heteroatoms. The zero-order valence-corrected chi connectivity index (χ0v) is 28.1. The van der Waals surface area contributed by atoms with Crippen LogP contribution in [0.1, 0.15) is 42.9 Å². The maximum Gasteiger partial charge on any atom is 0.422 e. The molecule has 0 saturated carbocycles. The highest BCUT2D eigenvalue weighted by atomic mass is 19.4. The van der Waals surface area contributed by atoms with Gasteiger partial charge >= 0.3 is 12.1 Å². The summed E-state index contributed by atoms with van der Waals surface area (Å²) in [4.78, 5) is 24.4. The highest BCUT2D eigenvalue weighted by Gasteiger charge is 2.57. The van der Waals surface area contributed by atoms with Crippen LogP contribution in [0.2, 0.25) is 0 Å². The molecular formula is C36H40F3N3O8. The Morgan fingerprint density at radius 3 is 2.24 bits per heavy atom. The lowest BCUT2D eigenvalue weighted by Crippen LogP contribution is -2.53. The number of carbonyl (C=O) groups excluding carboxylic acids is 1. The van der Waals surface area contributed by atoms with E-state index in [1.807, 2.05) is 6.07 Å². The molecule has 11 nitrogen and oxygen atoms in total.